The molecule has 5 nitrogen and oxygen atoms in total. The molecule has 1 amide bonds. The predicted molar refractivity (Wildman–Crippen MR) is 88.9 cm³/mol. The average Bonchev–Trinajstić information content (AvgIpc) is 2.76. The standard InChI is InChI=1S/C14H26N2O3S2/c1-4-7-14(8-5-2,12(15)20)13(17)16(3)11-6-9-21(18,19)10-11/h11H,4-10H2,1-3H3,(H2,15,20). The van der Waals surface area contributed by atoms with Crippen LogP contribution in [0.25, 0.3) is 0 Å². The minimum atomic E-state index is -3.02. The first-order valence-corrected chi connectivity index (χ1v) is 9.70. The van der Waals surface area contributed by atoms with Crippen molar-refractivity contribution in [1.29, 1.82) is 0 Å². The van der Waals surface area contributed by atoms with E-state index in [1.807, 2.05) is 13.8 Å². The van der Waals surface area contributed by atoms with Gasteiger partial charge in [-0.25, -0.2) is 8.42 Å². The highest BCUT2D eigenvalue weighted by atomic mass is 32.2. The molecule has 0 radical (unpaired) electrons. The molecule has 0 saturated carbocycles. The van der Waals surface area contributed by atoms with Crippen molar-refractivity contribution in [3.8, 4) is 0 Å². The lowest BCUT2D eigenvalue weighted by Gasteiger charge is -2.37. The zero-order valence-corrected chi connectivity index (χ0v) is 14.7. The van der Waals surface area contributed by atoms with Gasteiger partial charge in [-0.3, -0.25) is 4.79 Å². The molecule has 122 valence electrons. The topological polar surface area (TPSA) is 80.5 Å². The number of carbonyl (C=O) groups is 1. The first-order chi connectivity index (χ1) is 9.70. The maximum Gasteiger partial charge on any atom is 0.235 e. The van der Waals surface area contributed by atoms with Gasteiger partial charge in [-0.05, 0) is 19.3 Å². The van der Waals surface area contributed by atoms with E-state index in [2.05, 4.69) is 0 Å². The number of rotatable bonds is 7. The Morgan fingerprint density at radius 3 is 2.19 bits per heavy atom. The van der Waals surface area contributed by atoms with E-state index in [-0.39, 0.29) is 28.4 Å². The van der Waals surface area contributed by atoms with Gasteiger partial charge >= 0.3 is 0 Å². The number of nitrogens with two attached hydrogens (primary N) is 1. The van der Waals surface area contributed by atoms with Crippen LogP contribution >= 0.6 is 12.2 Å². The van der Waals surface area contributed by atoms with Gasteiger partial charge in [0.2, 0.25) is 5.91 Å². The molecule has 0 aromatic rings. The van der Waals surface area contributed by atoms with Crippen molar-refractivity contribution >= 4 is 33.0 Å². The third-order valence-corrected chi connectivity index (χ3v) is 6.45. The summed E-state index contributed by atoms with van der Waals surface area (Å²) in [5.74, 6) is 0.0680. The lowest BCUT2D eigenvalue weighted by Crippen LogP contribution is -2.52. The van der Waals surface area contributed by atoms with Crippen LogP contribution in [0.1, 0.15) is 46.0 Å². The summed E-state index contributed by atoms with van der Waals surface area (Å²) in [5.41, 5.74) is 5.07. The van der Waals surface area contributed by atoms with Crippen molar-refractivity contribution in [1.82, 2.24) is 4.90 Å². The fourth-order valence-corrected chi connectivity index (χ4v) is 5.19. The van der Waals surface area contributed by atoms with Crippen molar-refractivity contribution in [3.05, 3.63) is 0 Å². The van der Waals surface area contributed by atoms with Crippen LogP contribution in [0, 0.1) is 5.41 Å². The Morgan fingerprint density at radius 1 is 1.33 bits per heavy atom. The average molecular weight is 335 g/mol. The molecular formula is C14H26N2O3S2. The lowest BCUT2D eigenvalue weighted by atomic mass is 9.77. The molecule has 0 aliphatic carbocycles. The van der Waals surface area contributed by atoms with Gasteiger partial charge in [0.15, 0.2) is 9.84 Å². The van der Waals surface area contributed by atoms with Crippen LogP contribution in [0.4, 0.5) is 0 Å². The molecule has 1 saturated heterocycles. The van der Waals surface area contributed by atoms with E-state index in [1.54, 1.807) is 11.9 Å². The minimum Gasteiger partial charge on any atom is -0.392 e. The smallest absolute Gasteiger partial charge is 0.235 e. The third kappa shape index (κ3) is 3.94. The molecule has 0 aromatic carbocycles. The first-order valence-electron chi connectivity index (χ1n) is 7.47. The molecule has 0 aromatic heterocycles. The largest absolute Gasteiger partial charge is 0.392 e. The Bertz CT molecular complexity index is 496. The minimum absolute atomic E-state index is 0.0426. The van der Waals surface area contributed by atoms with E-state index < -0.39 is 15.3 Å². The van der Waals surface area contributed by atoms with E-state index in [0.29, 0.717) is 19.3 Å². The van der Waals surface area contributed by atoms with Gasteiger partial charge in [0, 0.05) is 13.1 Å². The highest BCUT2D eigenvalue weighted by Crippen LogP contribution is 2.34. The molecule has 0 spiro atoms. The Balaban J connectivity index is 3.02. The quantitative estimate of drug-likeness (QED) is 0.714. The Kier molecular flexibility index (Phi) is 6.16. The monoisotopic (exact) mass is 334 g/mol. The Labute approximate surface area is 133 Å². The highest BCUT2D eigenvalue weighted by molar-refractivity contribution is 7.91. The first kappa shape index (κ1) is 18.4. The van der Waals surface area contributed by atoms with Crippen LogP contribution in [-0.2, 0) is 14.6 Å². The Hall–Kier alpha value is -0.690. The SMILES string of the molecule is CCCC(CCC)(C(=O)N(C)C1CCS(=O)(=O)C1)C(N)=S. The fraction of sp³-hybridized carbons (Fsp3) is 0.857. The fourth-order valence-electron chi connectivity index (χ4n) is 3.13. The molecular weight excluding hydrogens is 308 g/mol. The van der Waals surface area contributed by atoms with Crippen molar-refractivity contribution in [2.45, 2.75) is 52.0 Å². The van der Waals surface area contributed by atoms with Gasteiger partial charge in [0.25, 0.3) is 0 Å². The van der Waals surface area contributed by atoms with Crippen LogP contribution in [0.2, 0.25) is 0 Å². The predicted octanol–water partition coefficient (Wildman–Crippen LogP) is 1.50. The molecule has 7 heteroatoms. The summed E-state index contributed by atoms with van der Waals surface area (Å²) >= 11 is 5.19. The second kappa shape index (κ2) is 7.05. The van der Waals surface area contributed by atoms with Crippen molar-refractivity contribution in [3.63, 3.8) is 0 Å². The summed E-state index contributed by atoms with van der Waals surface area (Å²) in [7, 11) is -1.35. The summed E-state index contributed by atoms with van der Waals surface area (Å²) in [4.78, 5) is 14.7. The van der Waals surface area contributed by atoms with Crippen LogP contribution in [0.3, 0.4) is 0 Å². The second-order valence-corrected chi connectivity index (χ2v) is 8.59. The summed E-state index contributed by atoms with van der Waals surface area (Å²) in [6.45, 7) is 3.99. The number of hydrogen-bond donors (Lipinski definition) is 1. The van der Waals surface area contributed by atoms with Crippen molar-refractivity contribution in [2.75, 3.05) is 18.6 Å². The molecule has 1 atom stereocenters. The summed E-state index contributed by atoms with van der Waals surface area (Å²) in [6.07, 6.45) is 3.33. The second-order valence-electron chi connectivity index (χ2n) is 5.92. The molecule has 1 fully saturated rings. The molecule has 1 heterocycles. The van der Waals surface area contributed by atoms with E-state index >= 15 is 0 Å². The number of thiocarbonyl (C=S) groups is 1. The van der Waals surface area contributed by atoms with Crippen LogP contribution in [0.15, 0.2) is 0 Å². The molecule has 1 unspecified atom stereocenters. The summed E-state index contributed by atoms with van der Waals surface area (Å²) < 4.78 is 23.2. The van der Waals surface area contributed by atoms with E-state index in [0.717, 1.165) is 12.8 Å². The van der Waals surface area contributed by atoms with Gasteiger partial charge in [0.1, 0.15) is 0 Å². The third-order valence-electron chi connectivity index (χ3n) is 4.31. The zero-order valence-electron chi connectivity index (χ0n) is 13.1. The summed E-state index contributed by atoms with van der Waals surface area (Å²) in [6, 6.07) is -0.259. The lowest BCUT2D eigenvalue weighted by molar-refractivity contribution is -0.139. The van der Waals surface area contributed by atoms with Gasteiger partial charge in [-0.15, -0.1) is 0 Å². The zero-order chi connectivity index (χ0) is 16.3. The van der Waals surface area contributed by atoms with Gasteiger partial charge in [-0.2, -0.15) is 0 Å². The van der Waals surface area contributed by atoms with Gasteiger partial charge < -0.3 is 10.6 Å². The number of carbonyl (C=O) groups excluding carboxylic acids is 1. The highest BCUT2D eigenvalue weighted by Gasteiger charge is 2.44. The maximum atomic E-state index is 12.9. The number of sulfone groups is 1. The molecule has 2 N–H and O–H groups in total. The molecule has 1 aliphatic heterocycles. The van der Waals surface area contributed by atoms with Crippen molar-refractivity contribution in [2.24, 2.45) is 11.1 Å². The molecule has 0 bridgehead atoms. The van der Waals surface area contributed by atoms with Crippen LogP contribution in [0.5, 0.6) is 0 Å². The van der Waals surface area contributed by atoms with E-state index in [9.17, 15) is 13.2 Å². The number of hydrogen-bond acceptors (Lipinski definition) is 4. The number of amides is 1. The molecule has 21 heavy (non-hydrogen) atoms. The van der Waals surface area contributed by atoms with Crippen LogP contribution < -0.4 is 5.73 Å². The molecule has 1 rings (SSSR count). The maximum absolute atomic E-state index is 12.9. The van der Waals surface area contributed by atoms with E-state index in [1.165, 1.54) is 0 Å². The van der Waals surface area contributed by atoms with Gasteiger partial charge in [-0.1, -0.05) is 38.9 Å². The summed E-state index contributed by atoms with van der Waals surface area (Å²) in [5, 5.41) is 0. The number of nitrogens with zero attached hydrogens (tertiary/aromatic N) is 1. The van der Waals surface area contributed by atoms with Crippen molar-refractivity contribution < 1.29 is 13.2 Å². The van der Waals surface area contributed by atoms with E-state index in [4.69, 9.17) is 18.0 Å². The van der Waals surface area contributed by atoms with Gasteiger partial charge in [0.05, 0.1) is 21.9 Å². The molecule has 1 aliphatic rings. The Morgan fingerprint density at radius 2 is 1.86 bits per heavy atom. The van der Waals surface area contributed by atoms with Crippen LogP contribution in [-0.4, -0.2) is 48.8 Å². The normalized spacial score (nSPS) is 21.2.